The first-order chi connectivity index (χ1) is 12.8. The minimum absolute atomic E-state index is 0.00868. The summed E-state index contributed by atoms with van der Waals surface area (Å²) >= 11 is 0. The number of nitrogens with zero attached hydrogens (tertiary/aromatic N) is 1. The van der Waals surface area contributed by atoms with Gasteiger partial charge in [-0.1, -0.05) is 18.2 Å². The van der Waals surface area contributed by atoms with Crippen LogP contribution in [-0.2, 0) is 19.1 Å². The molecule has 1 aliphatic rings. The Hall–Kier alpha value is -2.49. The lowest BCUT2D eigenvalue weighted by Gasteiger charge is -2.26. The minimum Gasteiger partial charge on any atom is -0.473 e. The van der Waals surface area contributed by atoms with Gasteiger partial charge in [0.2, 0.25) is 5.91 Å². The van der Waals surface area contributed by atoms with Crippen LogP contribution in [0.3, 0.4) is 0 Å². The van der Waals surface area contributed by atoms with Crippen LogP contribution in [0.25, 0.3) is 0 Å². The molecule has 0 saturated carbocycles. The molecular weight excluding hydrogens is 354 g/mol. The molecule has 1 heterocycles. The number of aliphatic carboxylic acids is 2. The normalized spacial score (nSPS) is 14.0. The van der Waals surface area contributed by atoms with Crippen molar-refractivity contribution in [2.75, 3.05) is 51.3 Å². The summed E-state index contributed by atoms with van der Waals surface area (Å²) in [6.07, 6.45) is 0. The Bertz CT molecular complexity index is 612. The first-order valence-corrected chi connectivity index (χ1v) is 8.64. The Morgan fingerprint density at radius 3 is 2.15 bits per heavy atom. The van der Waals surface area contributed by atoms with Crippen molar-refractivity contribution < 1.29 is 29.3 Å². The van der Waals surface area contributed by atoms with Crippen LogP contribution in [0.4, 0.5) is 5.69 Å². The fourth-order valence-electron chi connectivity index (χ4n) is 2.46. The van der Waals surface area contributed by atoms with Crippen LogP contribution in [0.2, 0.25) is 0 Å². The van der Waals surface area contributed by atoms with Crippen LogP contribution in [0.5, 0.6) is 0 Å². The molecule has 1 aromatic rings. The van der Waals surface area contributed by atoms with Crippen LogP contribution in [0.1, 0.15) is 11.1 Å². The summed E-state index contributed by atoms with van der Waals surface area (Å²) < 4.78 is 5.31. The Morgan fingerprint density at radius 2 is 1.63 bits per heavy atom. The summed E-state index contributed by atoms with van der Waals surface area (Å²) in [6, 6.07) is 6.02. The number of carboxylic acid groups (broad SMARTS) is 2. The van der Waals surface area contributed by atoms with E-state index in [1.165, 1.54) is 0 Å². The molecule has 4 N–H and O–H groups in total. The van der Waals surface area contributed by atoms with Crippen molar-refractivity contribution in [2.24, 2.45) is 0 Å². The monoisotopic (exact) mass is 381 g/mol. The first-order valence-electron chi connectivity index (χ1n) is 8.64. The summed E-state index contributed by atoms with van der Waals surface area (Å²) in [5, 5.41) is 21.0. The van der Waals surface area contributed by atoms with Crippen LogP contribution < -0.4 is 10.6 Å². The topological polar surface area (TPSA) is 128 Å². The molecule has 0 unspecified atom stereocenters. The maximum absolute atomic E-state index is 12.0. The molecule has 1 saturated heterocycles. The average molecular weight is 381 g/mol. The van der Waals surface area contributed by atoms with Gasteiger partial charge in [0.1, 0.15) is 0 Å². The number of morpholine rings is 1. The third-order valence-corrected chi connectivity index (χ3v) is 3.92. The van der Waals surface area contributed by atoms with Crippen molar-refractivity contribution in [1.82, 2.24) is 10.2 Å². The number of carbonyl (C=O) groups excluding carboxylic acids is 1. The fourth-order valence-corrected chi connectivity index (χ4v) is 2.46. The highest BCUT2D eigenvalue weighted by Crippen LogP contribution is 2.18. The number of hydrogen-bond donors (Lipinski definition) is 4. The van der Waals surface area contributed by atoms with E-state index in [2.05, 4.69) is 15.5 Å². The fraction of sp³-hybridized carbons (Fsp3) is 0.500. The molecule has 2 rings (SSSR count). The molecule has 0 bridgehead atoms. The third kappa shape index (κ3) is 9.13. The van der Waals surface area contributed by atoms with E-state index in [1.807, 2.05) is 32.0 Å². The summed E-state index contributed by atoms with van der Waals surface area (Å²) in [5.41, 5.74) is 3.12. The first kappa shape index (κ1) is 22.6. The third-order valence-electron chi connectivity index (χ3n) is 3.92. The van der Waals surface area contributed by atoms with Gasteiger partial charge < -0.3 is 25.6 Å². The van der Waals surface area contributed by atoms with Gasteiger partial charge in [0, 0.05) is 31.9 Å². The number of ether oxygens (including phenoxy) is 1. The van der Waals surface area contributed by atoms with Gasteiger partial charge >= 0.3 is 11.9 Å². The van der Waals surface area contributed by atoms with Crippen LogP contribution in [0.15, 0.2) is 18.2 Å². The summed E-state index contributed by atoms with van der Waals surface area (Å²) in [5.74, 6) is -3.64. The van der Waals surface area contributed by atoms with Gasteiger partial charge in [-0.25, -0.2) is 9.59 Å². The lowest BCUT2D eigenvalue weighted by atomic mass is 10.1. The lowest BCUT2D eigenvalue weighted by molar-refractivity contribution is -0.159. The molecule has 9 heteroatoms. The molecule has 0 radical (unpaired) electrons. The highest BCUT2D eigenvalue weighted by molar-refractivity contribution is 6.27. The van der Waals surface area contributed by atoms with E-state index in [9.17, 15) is 4.79 Å². The predicted octanol–water partition coefficient (Wildman–Crippen LogP) is 0.319. The molecule has 0 spiro atoms. The number of rotatable bonds is 6. The van der Waals surface area contributed by atoms with E-state index in [-0.39, 0.29) is 5.91 Å². The number of anilines is 1. The quantitative estimate of drug-likeness (QED) is 0.410. The molecule has 1 aromatic carbocycles. The average Bonchev–Trinajstić information content (AvgIpc) is 2.63. The summed E-state index contributed by atoms with van der Waals surface area (Å²) in [6.45, 7) is 9.73. The van der Waals surface area contributed by atoms with Crippen LogP contribution >= 0.6 is 0 Å². The molecule has 9 nitrogen and oxygen atoms in total. The van der Waals surface area contributed by atoms with Crippen molar-refractivity contribution in [3.63, 3.8) is 0 Å². The Kier molecular flexibility index (Phi) is 10.0. The van der Waals surface area contributed by atoms with Gasteiger partial charge in [-0.05, 0) is 25.0 Å². The summed E-state index contributed by atoms with van der Waals surface area (Å²) in [7, 11) is 0. The van der Waals surface area contributed by atoms with E-state index in [1.54, 1.807) is 0 Å². The van der Waals surface area contributed by atoms with E-state index in [0.29, 0.717) is 6.54 Å². The molecule has 1 fully saturated rings. The number of hydrogen-bond acceptors (Lipinski definition) is 6. The smallest absolute Gasteiger partial charge is 0.414 e. The maximum Gasteiger partial charge on any atom is 0.414 e. The van der Waals surface area contributed by atoms with Crippen molar-refractivity contribution in [2.45, 2.75) is 13.8 Å². The Balaban J connectivity index is 0.000000527. The molecule has 1 aliphatic heterocycles. The standard InChI is InChI=1S/C16H25N3O2.C2H2O4/c1-13-4-3-5-14(2)16(13)18-15(20)12-17-6-7-19-8-10-21-11-9-19;3-1(4)2(5)6/h3-5,17H,6-12H2,1-2H3,(H,18,20);(H,3,4)(H,5,6). The maximum atomic E-state index is 12.0. The van der Waals surface area contributed by atoms with Gasteiger partial charge in [-0.2, -0.15) is 0 Å². The molecular formula is C18H27N3O6. The second-order valence-corrected chi connectivity index (χ2v) is 6.06. The second-order valence-electron chi connectivity index (χ2n) is 6.06. The molecule has 0 atom stereocenters. The van der Waals surface area contributed by atoms with Gasteiger partial charge in [0.05, 0.1) is 19.8 Å². The van der Waals surface area contributed by atoms with E-state index in [4.69, 9.17) is 24.5 Å². The van der Waals surface area contributed by atoms with Crippen LogP contribution in [-0.4, -0.2) is 78.9 Å². The molecule has 150 valence electrons. The molecule has 0 aromatic heterocycles. The number of para-hydroxylation sites is 1. The van der Waals surface area contributed by atoms with Crippen molar-refractivity contribution in [3.8, 4) is 0 Å². The van der Waals surface area contributed by atoms with E-state index in [0.717, 1.165) is 56.2 Å². The highest BCUT2D eigenvalue weighted by Gasteiger charge is 2.10. The van der Waals surface area contributed by atoms with Crippen LogP contribution in [0, 0.1) is 13.8 Å². The number of carboxylic acids is 2. The number of nitrogens with one attached hydrogen (secondary N) is 2. The molecule has 0 aliphatic carbocycles. The zero-order chi connectivity index (χ0) is 20.2. The zero-order valence-electron chi connectivity index (χ0n) is 15.7. The van der Waals surface area contributed by atoms with E-state index < -0.39 is 11.9 Å². The highest BCUT2D eigenvalue weighted by atomic mass is 16.5. The number of carbonyl (C=O) groups is 3. The van der Waals surface area contributed by atoms with E-state index >= 15 is 0 Å². The molecule has 27 heavy (non-hydrogen) atoms. The number of amides is 1. The van der Waals surface area contributed by atoms with Crippen molar-refractivity contribution >= 4 is 23.5 Å². The number of aryl methyl sites for hydroxylation is 2. The zero-order valence-corrected chi connectivity index (χ0v) is 15.7. The number of benzene rings is 1. The second kappa shape index (κ2) is 12.0. The van der Waals surface area contributed by atoms with Gasteiger partial charge in [-0.3, -0.25) is 9.69 Å². The van der Waals surface area contributed by atoms with Gasteiger partial charge in [-0.15, -0.1) is 0 Å². The Labute approximate surface area is 158 Å². The summed E-state index contributed by atoms with van der Waals surface area (Å²) in [4.78, 5) is 32.5. The lowest BCUT2D eigenvalue weighted by Crippen LogP contribution is -2.41. The minimum atomic E-state index is -1.82. The SMILES string of the molecule is Cc1cccc(C)c1NC(=O)CNCCN1CCOCC1.O=C(O)C(=O)O. The van der Waals surface area contributed by atoms with Crippen molar-refractivity contribution in [1.29, 1.82) is 0 Å². The van der Waals surface area contributed by atoms with Gasteiger partial charge in [0.15, 0.2) is 0 Å². The largest absolute Gasteiger partial charge is 0.473 e. The Morgan fingerprint density at radius 1 is 1.07 bits per heavy atom. The molecule has 1 amide bonds. The van der Waals surface area contributed by atoms with Crippen molar-refractivity contribution in [3.05, 3.63) is 29.3 Å². The predicted molar refractivity (Wildman–Crippen MR) is 99.9 cm³/mol. The van der Waals surface area contributed by atoms with Gasteiger partial charge in [0.25, 0.3) is 0 Å².